The van der Waals surface area contributed by atoms with Crippen LogP contribution in [0.3, 0.4) is 0 Å². The van der Waals surface area contributed by atoms with E-state index in [2.05, 4.69) is 33.7 Å². The molecule has 7 heteroatoms. The van der Waals surface area contributed by atoms with E-state index in [1.807, 2.05) is 36.4 Å². The highest BCUT2D eigenvalue weighted by atomic mass is 16.5. The van der Waals surface area contributed by atoms with E-state index in [-0.39, 0.29) is 11.8 Å². The molecule has 2 aliphatic carbocycles. The van der Waals surface area contributed by atoms with E-state index in [9.17, 15) is 4.79 Å². The number of rotatable bonds is 7. The Morgan fingerprint density at radius 1 is 1.03 bits per heavy atom. The molecule has 1 saturated carbocycles. The number of amides is 1. The van der Waals surface area contributed by atoms with Gasteiger partial charge in [-0.05, 0) is 24.5 Å². The molecule has 1 fully saturated rings. The Morgan fingerprint density at radius 2 is 1.79 bits per heavy atom. The topological polar surface area (TPSA) is 85.5 Å². The second-order valence-electron chi connectivity index (χ2n) is 8.46. The molecule has 1 heterocycles. The minimum atomic E-state index is -0.538. The summed E-state index contributed by atoms with van der Waals surface area (Å²) in [4.78, 5) is 12.3. The molecule has 2 aliphatic rings. The van der Waals surface area contributed by atoms with Gasteiger partial charge in [-0.2, -0.15) is 5.10 Å². The molecule has 170 valence electrons. The summed E-state index contributed by atoms with van der Waals surface area (Å²) in [7, 11) is 4.86. The maximum absolute atomic E-state index is 12.3. The van der Waals surface area contributed by atoms with Crippen molar-refractivity contribution >= 4 is 17.8 Å². The molecule has 1 amide bonds. The maximum atomic E-state index is 12.3. The molecule has 0 saturated heterocycles. The summed E-state index contributed by atoms with van der Waals surface area (Å²) in [5, 5.41) is 10.6. The van der Waals surface area contributed by atoms with Crippen LogP contribution < -0.4 is 19.5 Å². The largest absolute Gasteiger partial charge is 0.493 e. The van der Waals surface area contributed by atoms with Crippen LogP contribution in [0.1, 0.15) is 35.2 Å². The van der Waals surface area contributed by atoms with Crippen molar-refractivity contribution in [1.82, 2.24) is 10.2 Å². The number of aromatic nitrogens is 2. The molecule has 0 bridgehead atoms. The van der Waals surface area contributed by atoms with E-state index in [0.717, 1.165) is 35.2 Å². The smallest absolute Gasteiger partial charge is 0.228 e. The number of nitrogens with one attached hydrogen (secondary N) is 2. The molecule has 0 aliphatic heterocycles. The highest BCUT2D eigenvalue weighted by Gasteiger charge is 2.40. The van der Waals surface area contributed by atoms with Gasteiger partial charge in [-0.3, -0.25) is 9.89 Å². The van der Waals surface area contributed by atoms with E-state index in [0.29, 0.717) is 29.5 Å². The molecular weight excluding hydrogens is 418 g/mol. The maximum Gasteiger partial charge on any atom is 0.228 e. The molecule has 0 radical (unpaired) electrons. The molecule has 1 aromatic heterocycles. The van der Waals surface area contributed by atoms with E-state index >= 15 is 0 Å². The van der Waals surface area contributed by atoms with Gasteiger partial charge in [-0.25, -0.2) is 0 Å². The number of aromatic amines is 1. The lowest BCUT2D eigenvalue weighted by molar-refractivity contribution is -0.117. The zero-order valence-corrected chi connectivity index (χ0v) is 19.0. The third kappa shape index (κ3) is 3.53. The fraction of sp³-hybridized carbons (Fsp3) is 0.308. The number of hydrogen-bond acceptors (Lipinski definition) is 5. The normalized spacial score (nSPS) is 19.0. The second kappa shape index (κ2) is 8.31. The van der Waals surface area contributed by atoms with Crippen molar-refractivity contribution in [2.75, 3.05) is 26.6 Å². The first-order valence-electron chi connectivity index (χ1n) is 11.0. The molecule has 7 nitrogen and oxygen atoms in total. The minimum absolute atomic E-state index is 0.0409. The molecule has 0 spiro atoms. The van der Waals surface area contributed by atoms with Crippen LogP contribution in [-0.4, -0.2) is 37.4 Å². The number of H-pyrrole nitrogens is 1. The first-order valence-corrected chi connectivity index (χ1v) is 11.0. The lowest BCUT2D eigenvalue weighted by Gasteiger charge is -2.36. The third-order valence-electron chi connectivity index (χ3n) is 6.54. The molecule has 2 aromatic carbocycles. The molecule has 2 N–H and O–H groups in total. The number of carbonyl (C=O) groups is 1. The Labute approximate surface area is 192 Å². The standard InChI is InChI=1S/C26H27N3O4/c1-31-21-12-11-19(22(32-2)23(21)33-3)26(17-7-5-4-6-8-17)14-13-18-20(15-26)28-29-24(18)27-25(30)16-9-10-16/h4-8,11-14,16H,9-10,15H2,1-3H3,(H2,27,28,29,30). The van der Waals surface area contributed by atoms with Crippen molar-refractivity contribution in [3.05, 3.63) is 70.9 Å². The number of nitrogens with zero attached hydrogens (tertiary/aromatic N) is 1. The van der Waals surface area contributed by atoms with Crippen LogP contribution in [0.4, 0.5) is 5.82 Å². The molecule has 1 atom stereocenters. The molecule has 33 heavy (non-hydrogen) atoms. The van der Waals surface area contributed by atoms with Crippen LogP contribution in [0, 0.1) is 5.92 Å². The number of carbonyl (C=O) groups excluding carboxylic acids is 1. The Bertz CT molecular complexity index is 1210. The number of methoxy groups -OCH3 is 3. The van der Waals surface area contributed by atoms with Crippen molar-refractivity contribution in [2.24, 2.45) is 5.92 Å². The Kier molecular flexibility index (Phi) is 5.32. The average molecular weight is 446 g/mol. The first-order chi connectivity index (χ1) is 16.1. The Balaban J connectivity index is 1.64. The predicted octanol–water partition coefficient (Wildman–Crippen LogP) is 4.34. The van der Waals surface area contributed by atoms with E-state index in [1.54, 1.807) is 21.3 Å². The third-order valence-corrected chi connectivity index (χ3v) is 6.54. The van der Waals surface area contributed by atoms with Gasteiger partial charge in [-0.15, -0.1) is 0 Å². The van der Waals surface area contributed by atoms with Crippen LogP contribution in [0.15, 0.2) is 48.5 Å². The lowest BCUT2D eigenvalue weighted by Crippen LogP contribution is -2.31. The number of ether oxygens (including phenoxy) is 3. The molecule has 1 unspecified atom stereocenters. The quantitative estimate of drug-likeness (QED) is 0.565. The van der Waals surface area contributed by atoms with Crippen LogP contribution in [-0.2, 0) is 16.6 Å². The number of hydrogen-bond donors (Lipinski definition) is 2. The van der Waals surface area contributed by atoms with E-state index in [1.165, 1.54) is 0 Å². The van der Waals surface area contributed by atoms with Gasteiger partial charge in [-0.1, -0.05) is 48.6 Å². The number of allylic oxidation sites excluding steroid dienone is 1. The second-order valence-corrected chi connectivity index (χ2v) is 8.46. The zero-order valence-electron chi connectivity index (χ0n) is 19.0. The first kappa shape index (κ1) is 21.1. The highest BCUT2D eigenvalue weighted by molar-refractivity contribution is 5.95. The van der Waals surface area contributed by atoms with Crippen LogP contribution in [0.2, 0.25) is 0 Å². The van der Waals surface area contributed by atoms with Crippen molar-refractivity contribution in [2.45, 2.75) is 24.7 Å². The van der Waals surface area contributed by atoms with Gasteiger partial charge in [0.15, 0.2) is 17.3 Å². The van der Waals surface area contributed by atoms with Crippen molar-refractivity contribution in [1.29, 1.82) is 0 Å². The SMILES string of the molecule is COc1ccc(C2(c3ccccc3)C=Cc3c(NC(=O)C4CC4)n[nH]c3C2)c(OC)c1OC. The van der Waals surface area contributed by atoms with Crippen LogP contribution in [0.5, 0.6) is 17.2 Å². The number of fused-ring (bicyclic) bond motifs is 1. The van der Waals surface area contributed by atoms with Gasteiger partial charge >= 0.3 is 0 Å². The summed E-state index contributed by atoms with van der Waals surface area (Å²) in [5.74, 6) is 2.51. The summed E-state index contributed by atoms with van der Waals surface area (Å²) >= 11 is 0. The van der Waals surface area contributed by atoms with Gasteiger partial charge in [0.1, 0.15) is 0 Å². The highest BCUT2D eigenvalue weighted by Crippen LogP contribution is 2.50. The predicted molar refractivity (Wildman–Crippen MR) is 126 cm³/mol. The van der Waals surface area contributed by atoms with Crippen molar-refractivity contribution in [3.63, 3.8) is 0 Å². The molecule has 5 rings (SSSR count). The lowest BCUT2D eigenvalue weighted by atomic mass is 9.68. The van der Waals surface area contributed by atoms with Gasteiger partial charge in [0.25, 0.3) is 0 Å². The van der Waals surface area contributed by atoms with E-state index < -0.39 is 5.41 Å². The Morgan fingerprint density at radius 3 is 2.45 bits per heavy atom. The number of anilines is 1. The van der Waals surface area contributed by atoms with Gasteiger partial charge in [0.2, 0.25) is 11.7 Å². The van der Waals surface area contributed by atoms with Crippen molar-refractivity contribution < 1.29 is 19.0 Å². The average Bonchev–Trinajstić information content (AvgIpc) is 3.65. The summed E-state index contributed by atoms with van der Waals surface area (Å²) < 4.78 is 17.0. The van der Waals surface area contributed by atoms with Gasteiger partial charge in [0.05, 0.1) is 21.3 Å². The summed E-state index contributed by atoms with van der Waals surface area (Å²) in [5.41, 5.74) is 3.38. The number of benzene rings is 2. The van der Waals surface area contributed by atoms with Gasteiger partial charge < -0.3 is 19.5 Å². The fourth-order valence-electron chi connectivity index (χ4n) is 4.65. The molecule has 3 aromatic rings. The molecular formula is C26H27N3O4. The van der Waals surface area contributed by atoms with Crippen LogP contribution in [0.25, 0.3) is 6.08 Å². The summed E-state index contributed by atoms with van der Waals surface area (Å²) in [6, 6.07) is 14.2. The minimum Gasteiger partial charge on any atom is -0.493 e. The van der Waals surface area contributed by atoms with Gasteiger partial charge in [0, 0.05) is 34.6 Å². The monoisotopic (exact) mass is 445 g/mol. The summed E-state index contributed by atoms with van der Waals surface area (Å²) in [6.07, 6.45) is 6.71. The fourth-order valence-corrected chi connectivity index (χ4v) is 4.65. The zero-order chi connectivity index (χ0) is 23.0. The van der Waals surface area contributed by atoms with Crippen LogP contribution >= 0.6 is 0 Å². The summed E-state index contributed by atoms with van der Waals surface area (Å²) in [6.45, 7) is 0. The van der Waals surface area contributed by atoms with Crippen molar-refractivity contribution in [3.8, 4) is 17.2 Å². The van der Waals surface area contributed by atoms with E-state index in [4.69, 9.17) is 14.2 Å². The Hall–Kier alpha value is -3.74.